The Balaban J connectivity index is 2.18. The molecule has 1 heterocycles. The molecule has 2 N–H and O–H groups in total. The van der Waals surface area contributed by atoms with Crippen LogP contribution in [0.25, 0.3) is 10.8 Å². The molecule has 0 saturated carbocycles. The Kier molecular flexibility index (Phi) is 4.92. The second-order valence-corrected chi connectivity index (χ2v) is 8.54. The van der Waals surface area contributed by atoms with Crippen molar-refractivity contribution in [3.05, 3.63) is 36.4 Å². The lowest BCUT2D eigenvalue weighted by molar-refractivity contribution is -0.143. The SMILES string of the molecule is CN(C)c1cccc2c(S(=O)(=O)N3CC(O)CCC3C(=O)O)cccc12. The third kappa shape index (κ3) is 3.15. The fraction of sp³-hybridized carbons (Fsp3) is 0.389. The lowest BCUT2D eigenvalue weighted by Crippen LogP contribution is -2.52. The van der Waals surface area contributed by atoms with Gasteiger partial charge in [-0.1, -0.05) is 24.3 Å². The summed E-state index contributed by atoms with van der Waals surface area (Å²) in [4.78, 5) is 13.5. The van der Waals surface area contributed by atoms with Gasteiger partial charge >= 0.3 is 5.97 Å². The van der Waals surface area contributed by atoms with Crippen molar-refractivity contribution in [2.75, 3.05) is 25.5 Å². The van der Waals surface area contributed by atoms with Gasteiger partial charge in [0.25, 0.3) is 0 Å². The summed E-state index contributed by atoms with van der Waals surface area (Å²) in [6, 6.07) is 9.18. The average molecular weight is 378 g/mol. The van der Waals surface area contributed by atoms with Crippen molar-refractivity contribution in [2.24, 2.45) is 0 Å². The van der Waals surface area contributed by atoms with Crippen molar-refractivity contribution in [3.63, 3.8) is 0 Å². The minimum Gasteiger partial charge on any atom is -0.480 e. The van der Waals surface area contributed by atoms with Crippen LogP contribution in [-0.2, 0) is 14.8 Å². The number of aliphatic hydroxyl groups excluding tert-OH is 1. The number of aliphatic carboxylic acids is 1. The molecule has 2 unspecified atom stereocenters. The Bertz CT molecular complexity index is 942. The minimum atomic E-state index is -4.08. The molecule has 2 atom stereocenters. The second kappa shape index (κ2) is 6.86. The van der Waals surface area contributed by atoms with Crippen LogP contribution < -0.4 is 4.90 Å². The van der Waals surface area contributed by atoms with E-state index in [9.17, 15) is 23.4 Å². The highest BCUT2D eigenvalue weighted by Gasteiger charge is 2.41. The van der Waals surface area contributed by atoms with E-state index in [1.807, 2.05) is 31.1 Å². The number of aliphatic hydroxyl groups is 1. The van der Waals surface area contributed by atoms with Crippen LogP contribution in [0.15, 0.2) is 41.3 Å². The average Bonchev–Trinajstić information content (AvgIpc) is 2.60. The van der Waals surface area contributed by atoms with Gasteiger partial charge in [0.15, 0.2) is 0 Å². The first-order valence-corrected chi connectivity index (χ1v) is 9.79. The molecule has 0 radical (unpaired) electrons. The van der Waals surface area contributed by atoms with E-state index >= 15 is 0 Å². The zero-order valence-electron chi connectivity index (χ0n) is 14.7. The maximum absolute atomic E-state index is 13.3. The molecule has 0 aliphatic carbocycles. The predicted molar refractivity (Wildman–Crippen MR) is 98.8 cm³/mol. The molecule has 2 aromatic rings. The first-order chi connectivity index (χ1) is 12.2. The molecule has 0 aromatic heterocycles. The number of β-amino-alcohol motifs (C(OH)–C–C–N with tert-alkyl or cyclic N) is 1. The molecule has 1 saturated heterocycles. The first-order valence-electron chi connectivity index (χ1n) is 8.35. The maximum atomic E-state index is 13.3. The summed E-state index contributed by atoms with van der Waals surface area (Å²) in [6.07, 6.45) is -0.514. The van der Waals surface area contributed by atoms with Crippen molar-refractivity contribution < 1.29 is 23.4 Å². The van der Waals surface area contributed by atoms with Gasteiger partial charge in [0.1, 0.15) is 6.04 Å². The van der Waals surface area contributed by atoms with E-state index in [1.54, 1.807) is 18.2 Å². The van der Waals surface area contributed by atoms with Gasteiger partial charge < -0.3 is 15.1 Å². The summed E-state index contributed by atoms with van der Waals surface area (Å²) in [5.74, 6) is -1.20. The maximum Gasteiger partial charge on any atom is 0.322 e. The van der Waals surface area contributed by atoms with Crippen LogP contribution in [0, 0.1) is 0 Å². The van der Waals surface area contributed by atoms with Crippen LogP contribution in [0.1, 0.15) is 12.8 Å². The quantitative estimate of drug-likeness (QED) is 0.837. The zero-order valence-corrected chi connectivity index (χ0v) is 15.5. The lowest BCUT2D eigenvalue weighted by Gasteiger charge is -2.34. The second-order valence-electron chi connectivity index (χ2n) is 6.68. The lowest BCUT2D eigenvalue weighted by atomic mass is 10.0. The zero-order chi connectivity index (χ0) is 19.1. The van der Waals surface area contributed by atoms with Gasteiger partial charge in [-0.25, -0.2) is 8.42 Å². The third-order valence-corrected chi connectivity index (χ3v) is 6.66. The van der Waals surface area contributed by atoms with Crippen molar-refractivity contribution in [3.8, 4) is 0 Å². The van der Waals surface area contributed by atoms with Gasteiger partial charge in [-0.2, -0.15) is 4.31 Å². The smallest absolute Gasteiger partial charge is 0.322 e. The first kappa shape index (κ1) is 18.6. The largest absolute Gasteiger partial charge is 0.480 e. The molecule has 0 spiro atoms. The molecule has 3 rings (SSSR count). The molecule has 0 amide bonds. The van der Waals surface area contributed by atoms with E-state index in [4.69, 9.17) is 0 Å². The van der Waals surface area contributed by atoms with E-state index in [1.165, 1.54) is 6.07 Å². The van der Waals surface area contributed by atoms with Crippen LogP contribution in [0.4, 0.5) is 5.69 Å². The molecule has 8 heteroatoms. The number of sulfonamides is 1. The minimum absolute atomic E-state index is 0.0547. The Hall–Kier alpha value is -2.16. The standard InChI is InChI=1S/C18H22N2O5S/c1-19(2)15-7-3-6-14-13(15)5-4-8-17(14)26(24,25)20-11-12(21)9-10-16(20)18(22)23/h3-8,12,16,21H,9-11H2,1-2H3,(H,22,23). The number of hydrogen-bond acceptors (Lipinski definition) is 5. The van der Waals surface area contributed by atoms with Gasteiger partial charge in [0.05, 0.1) is 11.0 Å². The van der Waals surface area contributed by atoms with Crippen molar-refractivity contribution >= 4 is 32.5 Å². The molecular formula is C18H22N2O5S. The Morgan fingerprint density at radius 1 is 1.12 bits per heavy atom. The Morgan fingerprint density at radius 2 is 1.77 bits per heavy atom. The van der Waals surface area contributed by atoms with Crippen LogP contribution in [0.3, 0.4) is 0 Å². The van der Waals surface area contributed by atoms with E-state index in [-0.39, 0.29) is 24.3 Å². The summed E-state index contributed by atoms with van der Waals surface area (Å²) in [7, 11) is -0.339. The fourth-order valence-electron chi connectivity index (χ4n) is 3.44. The number of carbonyl (C=O) groups is 1. The number of carboxylic acid groups (broad SMARTS) is 1. The summed E-state index contributed by atoms with van der Waals surface area (Å²) in [6.45, 7) is -0.219. The number of anilines is 1. The molecule has 140 valence electrons. The van der Waals surface area contributed by atoms with Crippen LogP contribution >= 0.6 is 0 Å². The highest BCUT2D eigenvalue weighted by atomic mass is 32.2. The third-order valence-electron chi connectivity index (χ3n) is 4.72. The van der Waals surface area contributed by atoms with E-state index < -0.39 is 28.1 Å². The summed E-state index contributed by atoms with van der Waals surface area (Å²) < 4.78 is 27.5. The van der Waals surface area contributed by atoms with Crippen molar-refractivity contribution in [1.82, 2.24) is 4.31 Å². The topological polar surface area (TPSA) is 98.2 Å². The molecule has 26 heavy (non-hydrogen) atoms. The van der Waals surface area contributed by atoms with E-state index in [2.05, 4.69) is 0 Å². The highest BCUT2D eigenvalue weighted by molar-refractivity contribution is 7.89. The molecule has 7 nitrogen and oxygen atoms in total. The normalized spacial score (nSPS) is 21.7. The predicted octanol–water partition coefficient (Wildman–Crippen LogP) is 1.50. The Labute approximate surface area is 152 Å². The van der Waals surface area contributed by atoms with E-state index in [0.717, 1.165) is 15.4 Å². The summed E-state index contributed by atoms with van der Waals surface area (Å²) in [5, 5.41) is 20.7. The van der Waals surface area contributed by atoms with Gasteiger partial charge in [-0.3, -0.25) is 4.79 Å². The van der Waals surface area contributed by atoms with Gasteiger partial charge in [-0.05, 0) is 25.0 Å². The monoisotopic (exact) mass is 378 g/mol. The number of nitrogens with zero attached hydrogens (tertiary/aromatic N) is 2. The fourth-order valence-corrected chi connectivity index (χ4v) is 5.30. The number of rotatable bonds is 4. The summed E-state index contributed by atoms with van der Waals surface area (Å²) >= 11 is 0. The summed E-state index contributed by atoms with van der Waals surface area (Å²) in [5.41, 5.74) is 0.869. The van der Waals surface area contributed by atoms with Crippen LogP contribution in [0.2, 0.25) is 0 Å². The molecule has 1 aliphatic heterocycles. The van der Waals surface area contributed by atoms with Gasteiger partial charge in [-0.15, -0.1) is 0 Å². The molecule has 0 bridgehead atoms. The highest BCUT2D eigenvalue weighted by Crippen LogP contribution is 2.33. The molecule has 1 fully saturated rings. The van der Waals surface area contributed by atoms with Crippen molar-refractivity contribution in [1.29, 1.82) is 0 Å². The van der Waals surface area contributed by atoms with Crippen LogP contribution in [-0.4, -0.2) is 61.7 Å². The van der Waals surface area contributed by atoms with Gasteiger partial charge in [0, 0.05) is 37.1 Å². The number of carboxylic acids is 1. The van der Waals surface area contributed by atoms with Crippen molar-refractivity contribution in [2.45, 2.75) is 29.9 Å². The number of benzene rings is 2. The number of fused-ring (bicyclic) bond motifs is 1. The number of hydrogen-bond donors (Lipinski definition) is 2. The molecular weight excluding hydrogens is 356 g/mol. The molecule has 1 aliphatic rings. The number of piperidine rings is 1. The van der Waals surface area contributed by atoms with E-state index in [0.29, 0.717) is 5.39 Å². The van der Waals surface area contributed by atoms with Crippen LogP contribution in [0.5, 0.6) is 0 Å². The van der Waals surface area contributed by atoms with Gasteiger partial charge in [0.2, 0.25) is 10.0 Å². The Morgan fingerprint density at radius 3 is 2.42 bits per heavy atom. The molecule has 2 aromatic carbocycles.